The Bertz CT molecular complexity index is 367. The third-order valence-electron chi connectivity index (χ3n) is 2.46. The first-order chi connectivity index (χ1) is 8.04. The zero-order valence-electron chi connectivity index (χ0n) is 10.4. The predicted molar refractivity (Wildman–Crippen MR) is 76.3 cm³/mol. The van der Waals surface area contributed by atoms with E-state index in [4.69, 9.17) is 0 Å². The summed E-state index contributed by atoms with van der Waals surface area (Å²) in [7, 11) is 0. The molecule has 0 saturated heterocycles. The smallest absolute Gasteiger partial charge is 0.236 e. The first kappa shape index (κ1) is 14.7. The van der Waals surface area contributed by atoms with Gasteiger partial charge in [-0.25, -0.2) is 0 Å². The maximum Gasteiger partial charge on any atom is 0.236 e. The minimum atomic E-state index is -0.169. The van der Waals surface area contributed by atoms with Crippen molar-refractivity contribution in [1.29, 1.82) is 0 Å². The van der Waals surface area contributed by atoms with Crippen LogP contribution in [0.3, 0.4) is 0 Å². The molecule has 0 aromatic carbocycles. The zero-order chi connectivity index (χ0) is 12.8. The van der Waals surface area contributed by atoms with Gasteiger partial charge in [0.1, 0.15) is 0 Å². The van der Waals surface area contributed by atoms with Crippen LogP contribution in [0.5, 0.6) is 0 Å². The van der Waals surface area contributed by atoms with Gasteiger partial charge in [-0.2, -0.15) is 0 Å². The van der Waals surface area contributed by atoms with Gasteiger partial charge in [0.15, 0.2) is 0 Å². The Balaban J connectivity index is 2.45. The van der Waals surface area contributed by atoms with Crippen LogP contribution >= 0.6 is 27.3 Å². The fraction of sp³-hybridized carbons (Fsp3) is 0.583. The molecule has 0 fully saturated rings. The minimum absolute atomic E-state index is 0.0642. The second kappa shape index (κ2) is 7.13. The van der Waals surface area contributed by atoms with Gasteiger partial charge < -0.3 is 5.32 Å². The second-order valence-electron chi connectivity index (χ2n) is 4.07. The van der Waals surface area contributed by atoms with Crippen LogP contribution in [-0.2, 0) is 4.79 Å². The molecule has 2 atom stereocenters. The zero-order valence-corrected chi connectivity index (χ0v) is 12.8. The molecule has 0 spiro atoms. The van der Waals surface area contributed by atoms with Crippen molar-refractivity contribution in [2.24, 2.45) is 0 Å². The summed E-state index contributed by atoms with van der Waals surface area (Å²) >= 11 is 5.12. The highest BCUT2D eigenvalue weighted by molar-refractivity contribution is 9.10. The van der Waals surface area contributed by atoms with Crippen LogP contribution in [0.4, 0.5) is 0 Å². The van der Waals surface area contributed by atoms with Crippen molar-refractivity contribution in [2.75, 3.05) is 6.54 Å². The fourth-order valence-electron chi connectivity index (χ4n) is 1.49. The molecule has 2 N–H and O–H groups in total. The van der Waals surface area contributed by atoms with Gasteiger partial charge in [-0.15, -0.1) is 11.3 Å². The van der Waals surface area contributed by atoms with Gasteiger partial charge in [-0.1, -0.05) is 6.92 Å². The lowest BCUT2D eigenvalue weighted by Crippen LogP contribution is -2.43. The lowest BCUT2D eigenvalue weighted by Gasteiger charge is -2.18. The second-order valence-corrected chi connectivity index (χ2v) is 5.93. The van der Waals surface area contributed by atoms with Crippen molar-refractivity contribution in [1.82, 2.24) is 10.6 Å². The van der Waals surface area contributed by atoms with Gasteiger partial charge in [0, 0.05) is 27.3 Å². The fourth-order valence-corrected chi connectivity index (χ4v) is 2.95. The van der Waals surface area contributed by atoms with Crippen LogP contribution in [0, 0.1) is 0 Å². The monoisotopic (exact) mass is 318 g/mol. The maximum atomic E-state index is 11.7. The summed E-state index contributed by atoms with van der Waals surface area (Å²) in [5.74, 6) is 0.0642. The summed E-state index contributed by atoms with van der Waals surface area (Å²) in [6.45, 7) is 6.75. The van der Waals surface area contributed by atoms with E-state index in [0.29, 0.717) is 0 Å². The number of carbonyl (C=O) groups excluding carboxylic acids is 1. The molecule has 1 heterocycles. The van der Waals surface area contributed by atoms with E-state index >= 15 is 0 Å². The molecule has 0 aliphatic carbocycles. The molecule has 0 bridgehead atoms. The molecular weight excluding hydrogens is 300 g/mol. The van der Waals surface area contributed by atoms with Crippen LogP contribution in [-0.4, -0.2) is 18.5 Å². The number of hydrogen-bond acceptors (Lipinski definition) is 3. The van der Waals surface area contributed by atoms with Gasteiger partial charge in [-0.3, -0.25) is 10.1 Å². The van der Waals surface area contributed by atoms with Crippen LogP contribution in [0.1, 0.15) is 38.1 Å². The summed E-state index contributed by atoms with van der Waals surface area (Å²) < 4.78 is 1.09. The van der Waals surface area contributed by atoms with Crippen LogP contribution < -0.4 is 10.6 Å². The lowest BCUT2D eigenvalue weighted by atomic mass is 10.2. The van der Waals surface area contributed by atoms with E-state index in [1.54, 1.807) is 11.3 Å². The van der Waals surface area contributed by atoms with Crippen LogP contribution in [0.15, 0.2) is 15.9 Å². The van der Waals surface area contributed by atoms with Crippen molar-refractivity contribution in [3.63, 3.8) is 0 Å². The van der Waals surface area contributed by atoms with Crippen molar-refractivity contribution < 1.29 is 4.79 Å². The average molecular weight is 319 g/mol. The molecule has 96 valence electrons. The molecule has 0 aliphatic rings. The number of hydrogen-bond donors (Lipinski definition) is 2. The molecule has 1 amide bonds. The summed E-state index contributed by atoms with van der Waals surface area (Å²) in [5.41, 5.74) is 0. The molecule has 1 aromatic heterocycles. The number of carbonyl (C=O) groups is 1. The van der Waals surface area contributed by atoms with Crippen LogP contribution in [0.25, 0.3) is 0 Å². The molecule has 1 aromatic rings. The number of thiophene rings is 1. The van der Waals surface area contributed by atoms with Gasteiger partial charge in [0.05, 0.1) is 6.04 Å². The minimum Gasteiger partial charge on any atom is -0.355 e. The van der Waals surface area contributed by atoms with Gasteiger partial charge >= 0.3 is 0 Å². The maximum absolute atomic E-state index is 11.7. The number of rotatable bonds is 6. The molecule has 0 radical (unpaired) electrons. The number of nitrogens with one attached hydrogen (secondary N) is 2. The molecule has 17 heavy (non-hydrogen) atoms. The first-order valence-corrected chi connectivity index (χ1v) is 7.49. The van der Waals surface area contributed by atoms with Crippen molar-refractivity contribution in [2.45, 2.75) is 39.3 Å². The molecule has 1 rings (SSSR count). The number of amides is 1. The molecule has 5 heteroatoms. The Hall–Kier alpha value is -0.390. The summed E-state index contributed by atoms with van der Waals surface area (Å²) in [6, 6.07) is 2.10. The Morgan fingerprint density at radius 3 is 2.76 bits per heavy atom. The van der Waals surface area contributed by atoms with Gasteiger partial charge in [-0.05, 0) is 42.3 Å². The van der Waals surface area contributed by atoms with E-state index in [9.17, 15) is 4.79 Å². The van der Waals surface area contributed by atoms with E-state index in [2.05, 4.69) is 44.9 Å². The van der Waals surface area contributed by atoms with E-state index < -0.39 is 0 Å². The van der Waals surface area contributed by atoms with Gasteiger partial charge in [0.2, 0.25) is 5.91 Å². The lowest BCUT2D eigenvalue weighted by molar-refractivity contribution is -0.122. The van der Waals surface area contributed by atoms with E-state index in [-0.39, 0.29) is 18.0 Å². The molecule has 2 unspecified atom stereocenters. The van der Waals surface area contributed by atoms with E-state index in [1.165, 1.54) is 4.88 Å². The normalized spacial score (nSPS) is 14.4. The summed E-state index contributed by atoms with van der Waals surface area (Å²) in [5, 5.41) is 8.23. The Kier molecular flexibility index (Phi) is 6.16. The molecule has 3 nitrogen and oxygen atoms in total. The van der Waals surface area contributed by atoms with E-state index in [0.717, 1.165) is 17.4 Å². The SMILES string of the molecule is CCCNC(=O)C(C)NC(C)c1cc(Br)cs1. The first-order valence-electron chi connectivity index (χ1n) is 5.82. The highest BCUT2D eigenvalue weighted by Crippen LogP contribution is 2.25. The Morgan fingerprint density at radius 1 is 1.53 bits per heavy atom. The quantitative estimate of drug-likeness (QED) is 0.846. The Labute approximate surface area is 115 Å². The molecule has 0 saturated carbocycles. The van der Waals surface area contributed by atoms with Crippen molar-refractivity contribution >= 4 is 33.2 Å². The molecular formula is C12H19BrN2OS. The van der Waals surface area contributed by atoms with Crippen molar-refractivity contribution in [3.05, 3.63) is 20.8 Å². The topological polar surface area (TPSA) is 41.1 Å². The van der Waals surface area contributed by atoms with E-state index in [1.807, 2.05) is 13.8 Å². The molecule has 0 aliphatic heterocycles. The van der Waals surface area contributed by atoms with Gasteiger partial charge in [0.25, 0.3) is 0 Å². The summed E-state index contributed by atoms with van der Waals surface area (Å²) in [6.07, 6.45) is 0.964. The highest BCUT2D eigenvalue weighted by Gasteiger charge is 2.16. The standard InChI is InChI=1S/C12H19BrN2OS/c1-4-5-14-12(16)9(3)15-8(2)11-6-10(13)7-17-11/h6-9,15H,4-5H2,1-3H3,(H,14,16). The highest BCUT2D eigenvalue weighted by atomic mass is 79.9. The average Bonchev–Trinajstić information content (AvgIpc) is 2.72. The van der Waals surface area contributed by atoms with Crippen LogP contribution in [0.2, 0.25) is 0 Å². The number of halogens is 1. The third-order valence-corrected chi connectivity index (χ3v) is 4.33. The Morgan fingerprint density at radius 2 is 2.24 bits per heavy atom. The predicted octanol–water partition coefficient (Wildman–Crippen LogP) is 3.08. The summed E-state index contributed by atoms with van der Waals surface area (Å²) in [4.78, 5) is 12.9. The largest absolute Gasteiger partial charge is 0.355 e. The third kappa shape index (κ3) is 4.77. The van der Waals surface area contributed by atoms with Crippen molar-refractivity contribution in [3.8, 4) is 0 Å².